The third kappa shape index (κ3) is 1.93. The molecule has 1 N–H and O–H groups in total. The fourth-order valence-corrected chi connectivity index (χ4v) is 2.19. The Labute approximate surface area is 115 Å². The molecular formula is C15H13N3O2. The number of hydrogen-bond donors (Lipinski definition) is 1. The van der Waals surface area contributed by atoms with Gasteiger partial charge in [0.05, 0.1) is 16.0 Å². The van der Waals surface area contributed by atoms with E-state index in [-0.39, 0.29) is 5.69 Å². The lowest BCUT2D eigenvalue weighted by molar-refractivity contribution is -0.384. The van der Waals surface area contributed by atoms with Crippen LogP contribution in [-0.4, -0.2) is 14.9 Å². The predicted octanol–water partition coefficient (Wildman–Crippen LogP) is 3.75. The van der Waals surface area contributed by atoms with Gasteiger partial charge in [0.1, 0.15) is 5.82 Å². The van der Waals surface area contributed by atoms with Gasteiger partial charge in [-0.2, -0.15) is 0 Å². The maximum Gasteiger partial charge on any atom is 0.269 e. The van der Waals surface area contributed by atoms with Crippen molar-refractivity contribution in [2.75, 3.05) is 0 Å². The minimum absolute atomic E-state index is 0.0805. The van der Waals surface area contributed by atoms with Crippen molar-refractivity contribution in [2.45, 2.75) is 13.8 Å². The van der Waals surface area contributed by atoms with Gasteiger partial charge in [-0.1, -0.05) is 6.07 Å². The van der Waals surface area contributed by atoms with Crippen molar-refractivity contribution in [3.63, 3.8) is 0 Å². The molecule has 3 aromatic rings. The van der Waals surface area contributed by atoms with E-state index in [1.165, 1.54) is 17.7 Å². The smallest absolute Gasteiger partial charge is 0.269 e. The lowest BCUT2D eigenvalue weighted by Crippen LogP contribution is -1.87. The number of aryl methyl sites for hydroxylation is 2. The second-order valence-corrected chi connectivity index (χ2v) is 4.79. The molecule has 3 rings (SSSR count). The number of hydrogen-bond acceptors (Lipinski definition) is 3. The van der Waals surface area contributed by atoms with Crippen molar-refractivity contribution >= 4 is 16.7 Å². The minimum atomic E-state index is -0.407. The van der Waals surface area contributed by atoms with Gasteiger partial charge in [0, 0.05) is 17.7 Å². The molecule has 0 spiro atoms. The van der Waals surface area contributed by atoms with Crippen molar-refractivity contribution in [3.05, 3.63) is 57.6 Å². The molecule has 0 aliphatic carbocycles. The lowest BCUT2D eigenvalue weighted by Gasteiger charge is -1.98. The molecule has 0 aliphatic heterocycles. The number of non-ortho nitro benzene ring substituents is 1. The third-order valence-corrected chi connectivity index (χ3v) is 3.53. The van der Waals surface area contributed by atoms with E-state index < -0.39 is 4.92 Å². The highest BCUT2D eigenvalue weighted by molar-refractivity contribution is 5.83. The first-order valence-corrected chi connectivity index (χ1v) is 6.27. The molecule has 0 saturated heterocycles. The Morgan fingerprint density at radius 1 is 1.10 bits per heavy atom. The number of nitro groups is 1. The molecule has 0 saturated carbocycles. The molecule has 100 valence electrons. The second kappa shape index (κ2) is 4.45. The summed E-state index contributed by atoms with van der Waals surface area (Å²) >= 11 is 0. The van der Waals surface area contributed by atoms with Crippen LogP contribution in [0.15, 0.2) is 36.4 Å². The summed E-state index contributed by atoms with van der Waals surface area (Å²) in [6.45, 7) is 4.09. The van der Waals surface area contributed by atoms with Crippen molar-refractivity contribution in [2.24, 2.45) is 0 Å². The van der Waals surface area contributed by atoms with E-state index in [0.29, 0.717) is 0 Å². The average molecular weight is 267 g/mol. The van der Waals surface area contributed by atoms with E-state index >= 15 is 0 Å². The Morgan fingerprint density at radius 2 is 1.80 bits per heavy atom. The van der Waals surface area contributed by atoms with E-state index in [1.54, 1.807) is 12.1 Å². The molecule has 0 unspecified atom stereocenters. The van der Waals surface area contributed by atoms with Crippen LogP contribution >= 0.6 is 0 Å². The van der Waals surface area contributed by atoms with Crippen LogP contribution in [0, 0.1) is 24.0 Å². The Hall–Kier alpha value is -2.69. The van der Waals surface area contributed by atoms with Gasteiger partial charge in [-0.3, -0.25) is 10.1 Å². The summed E-state index contributed by atoms with van der Waals surface area (Å²) in [7, 11) is 0. The quantitative estimate of drug-likeness (QED) is 0.567. The first kappa shape index (κ1) is 12.3. The third-order valence-electron chi connectivity index (χ3n) is 3.53. The van der Waals surface area contributed by atoms with Gasteiger partial charge in [-0.05, 0) is 43.2 Å². The molecule has 0 atom stereocenters. The van der Waals surface area contributed by atoms with E-state index in [2.05, 4.69) is 23.0 Å². The summed E-state index contributed by atoms with van der Waals surface area (Å²) in [5.41, 5.74) is 5.17. The van der Waals surface area contributed by atoms with Crippen molar-refractivity contribution < 1.29 is 4.92 Å². The zero-order valence-corrected chi connectivity index (χ0v) is 11.2. The number of nitrogens with zero attached hydrogens (tertiary/aromatic N) is 2. The second-order valence-electron chi connectivity index (χ2n) is 4.79. The maximum atomic E-state index is 10.7. The van der Waals surface area contributed by atoms with Crippen LogP contribution in [0.1, 0.15) is 11.1 Å². The molecule has 20 heavy (non-hydrogen) atoms. The summed E-state index contributed by atoms with van der Waals surface area (Å²) < 4.78 is 0. The lowest BCUT2D eigenvalue weighted by atomic mass is 10.1. The van der Waals surface area contributed by atoms with E-state index in [9.17, 15) is 10.1 Å². The normalized spacial score (nSPS) is 10.9. The van der Waals surface area contributed by atoms with Gasteiger partial charge in [-0.25, -0.2) is 4.98 Å². The minimum Gasteiger partial charge on any atom is -0.338 e. The number of rotatable bonds is 2. The summed E-state index contributed by atoms with van der Waals surface area (Å²) in [5, 5.41) is 10.7. The fraction of sp³-hybridized carbons (Fsp3) is 0.133. The van der Waals surface area contributed by atoms with Gasteiger partial charge in [0.15, 0.2) is 0 Å². The Balaban J connectivity index is 2.10. The van der Waals surface area contributed by atoms with Gasteiger partial charge >= 0.3 is 0 Å². The Bertz CT molecular complexity index is 804. The monoisotopic (exact) mass is 267 g/mol. The molecule has 1 heterocycles. The highest BCUT2D eigenvalue weighted by Crippen LogP contribution is 2.25. The van der Waals surface area contributed by atoms with E-state index in [0.717, 1.165) is 28.0 Å². The SMILES string of the molecule is Cc1ccc2[nH]c(-c3ccc([N+](=O)[O-])cc3)nc2c1C. The molecule has 5 heteroatoms. The number of imidazole rings is 1. The molecular weight excluding hydrogens is 254 g/mol. The summed E-state index contributed by atoms with van der Waals surface area (Å²) in [6, 6.07) is 10.4. The van der Waals surface area contributed by atoms with Gasteiger partial charge in [-0.15, -0.1) is 0 Å². The Kier molecular flexibility index (Phi) is 2.75. The van der Waals surface area contributed by atoms with Crippen LogP contribution in [0.5, 0.6) is 0 Å². The molecule has 1 aromatic heterocycles. The van der Waals surface area contributed by atoms with Gasteiger partial charge in [0.25, 0.3) is 5.69 Å². The number of nitro benzene ring substituents is 1. The highest BCUT2D eigenvalue weighted by Gasteiger charge is 2.10. The van der Waals surface area contributed by atoms with Crippen molar-refractivity contribution in [1.29, 1.82) is 0 Å². The van der Waals surface area contributed by atoms with Gasteiger partial charge in [0.2, 0.25) is 0 Å². The number of aromatic nitrogens is 2. The van der Waals surface area contributed by atoms with Crippen molar-refractivity contribution in [3.8, 4) is 11.4 Å². The number of aromatic amines is 1. The summed E-state index contributed by atoms with van der Waals surface area (Å²) in [6.07, 6.45) is 0. The van der Waals surface area contributed by atoms with Crippen LogP contribution in [0.25, 0.3) is 22.4 Å². The molecule has 0 bridgehead atoms. The van der Waals surface area contributed by atoms with Crippen LogP contribution < -0.4 is 0 Å². The largest absolute Gasteiger partial charge is 0.338 e. The van der Waals surface area contributed by atoms with Crippen molar-refractivity contribution in [1.82, 2.24) is 9.97 Å². The Morgan fingerprint density at radius 3 is 2.45 bits per heavy atom. The zero-order valence-electron chi connectivity index (χ0n) is 11.2. The molecule has 5 nitrogen and oxygen atoms in total. The highest BCUT2D eigenvalue weighted by atomic mass is 16.6. The molecule has 0 amide bonds. The van der Waals surface area contributed by atoms with Crippen LogP contribution in [-0.2, 0) is 0 Å². The van der Waals surface area contributed by atoms with E-state index in [1.807, 2.05) is 13.0 Å². The number of nitrogens with one attached hydrogen (secondary N) is 1. The number of H-pyrrole nitrogens is 1. The van der Waals surface area contributed by atoms with Crippen LogP contribution in [0.4, 0.5) is 5.69 Å². The first-order chi connectivity index (χ1) is 9.56. The number of fused-ring (bicyclic) bond motifs is 1. The summed E-state index contributed by atoms with van der Waals surface area (Å²) in [4.78, 5) is 18.1. The topological polar surface area (TPSA) is 71.8 Å². The molecule has 0 radical (unpaired) electrons. The number of benzene rings is 2. The molecule has 0 fully saturated rings. The van der Waals surface area contributed by atoms with Crippen LogP contribution in [0.3, 0.4) is 0 Å². The first-order valence-electron chi connectivity index (χ1n) is 6.27. The summed E-state index contributed by atoms with van der Waals surface area (Å²) in [5.74, 6) is 0.726. The predicted molar refractivity (Wildman–Crippen MR) is 77.7 cm³/mol. The van der Waals surface area contributed by atoms with Crippen LogP contribution in [0.2, 0.25) is 0 Å². The fourth-order valence-electron chi connectivity index (χ4n) is 2.19. The standard InChI is InChI=1S/C15H13N3O2/c1-9-3-8-13-14(10(9)2)17-15(16-13)11-4-6-12(7-5-11)18(19)20/h3-8H,1-2H3,(H,16,17). The zero-order chi connectivity index (χ0) is 14.3. The van der Waals surface area contributed by atoms with Gasteiger partial charge < -0.3 is 4.98 Å². The van der Waals surface area contributed by atoms with E-state index in [4.69, 9.17) is 0 Å². The molecule has 2 aromatic carbocycles. The molecule has 0 aliphatic rings. The average Bonchev–Trinajstić information content (AvgIpc) is 2.88. The maximum absolute atomic E-state index is 10.7.